The van der Waals surface area contributed by atoms with Gasteiger partial charge in [-0.1, -0.05) is 38.1 Å². The molecule has 1 fully saturated rings. The largest absolute Gasteiger partial charge is 0.366 e. The van der Waals surface area contributed by atoms with E-state index in [1.807, 2.05) is 60.4 Å². The molecule has 1 N–H and O–H groups in total. The highest BCUT2D eigenvalue weighted by molar-refractivity contribution is 6.06. The zero-order chi connectivity index (χ0) is 19.2. The van der Waals surface area contributed by atoms with Gasteiger partial charge in [0.15, 0.2) is 0 Å². The maximum atomic E-state index is 12.6. The average Bonchev–Trinajstić information content (AvgIpc) is 2.73. The lowest BCUT2D eigenvalue weighted by molar-refractivity contribution is -0.131. The number of carbonyl (C=O) groups excluding carboxylic acids is 2. The van der Waals surface area contributed by atoms with Crippen molar-refractivity contribution in [2.45, 2.75) is 26.7 Å². The molecular weight excluding hydrogens is 338 g/mol. The quantitative estimate of drug-likeness (QED) is 0.881. The third kappa shape index (κ3) is 4.48. The van der Waals surface area contributed by atoms with Gasteiger partial charge in [-0.25, -0.2) is 0 Å². The van der Waals surface area contributed by atoms with Crippen LogP contribution < -0.4 is 10.2 Å². The van der Waals surface area contributed by atoms with E-state index in [0.717, 1.165) is 30.9 Å². The first-order valence-corrected chi connectivity index (χ1v) is 9.64. The number of hydrogen-bond donors (Lipinski definition) is 1. The molecule has 0 spiro atoms. The van der Waals surface area contributed by atoms with Crippen molar-refractivity contribution < 1.29 is 9.59 Å². The highest BCUT2D eigenvalue weighted by atomic mass is 16.2. The van der Waals surface area contributed by atoms with Gasteiger partial charge in [0.2, 0.25) is 5.91 Å². The molecule has 3 rings (SSSR count). The normalized spacial score (nSPS) is 14.1. The smallest absolute Gasteiger partial charge is 0.255 e. The Kier molecular flexibility index (Phi) is 6.12. The van der Waals surface area contributed by atoms with E-state index in [1.54, 1.807) is 0 Å². The molecule has 0 unspecified atom stereocenters. The van der Waals surface area contributed by atoms with Crippen molar-refractivity contribution in [3.05, 3.63) is 59.7 Å². The highest BCUT2D eigenvalue weighted by Gasteiger charge is 2.22. The van der Waals surface area contributed by atoms with E-state index in [-0.39, 0.29) is 11.8 Å². The molecule has 0 aromatic heterocycles. The molecule has 1 aliphatic heterocycles. The van der Waals surface area contributed by atoms with E-state index in [9.17, 15) is 9.59 Å². The van der Waals surface area contributed by atoms with Gasteiger partial charge in [-0.3, -0.25) is 9.59 Å². The van der Waals surface area contributed by atoms with Crippen molar-refractivity contribution in [3.63, 3.8) is 0 Å². The van der Waals surface area contributed by atoms with Crippen LogP contribution in [0.25, 0.3) is 0 Å². The van der Waals surface area contributed by atoms with Crippen molar-refractivity contribution in [2.24, 2.45) is 0 Å². The van der Waals surface area contributed by atoms with Gasteiger partial charge in [0.25, 0.3) is 5.91 Å². The Balaban J connectivity index is 1.70. The minimum absolute atomic E-state index is 0.107. The Morgan fingerprint density at radius 3 is 2.22 bits per heavy atom. The van der Waals surface area contributed by atoms with E-state index in [2.05, 4.69) is 17.1 Å². The summed E-state index contributed by atoms with van der Waals surface area (Å²) in [7, 11) is 0. The first kappa shape index (κ1) is 19.0. The van der Waals surface area contributed by atoms with E-state index >= 15 is 0 Å². The second kappa shape index (κ2) is 8.71. The number of carbonyl (C=O) groups is 2. The molecule has 1 saturated heterocycles. The van der Waals surface area contributed by atoms with Crippen LogP contribution in [-0.4, -0.2) is 42.9 Å². The predicted molar refractivity (Wildman–Crippen MR) is 109 cm³/mol. The number of rotatable bonds is 5. The van der Waals surface area contributed by atoms with Crippen molar-refractivity contribution in [1.29, 1.82) is 0 Å². The summed E-state index contributed by atoms with van der Waals surface area (Å²) in [5.41, 5.74) is 3.67. The number of amides is 2. The van der Waals surface area contributed by atoms with Gasteiger partial charge in [-0.05, 0) is 36.2 Å². The summed E-state index contributed by atoms with van der Waals surface area (Å²) >= 11 is 0. The maximum absolute atomic E-state index is 12.6. The van der Waals surface area contributed by atoms with E-state index in [4.69, 9.17) is 0 Å². The number of para-hydroxylation sites is 2. The fourth-order valence-electron chi connectivity index (χ4n) is 3.36. The Labute approximate surface area is 161 Å². The van der Waals surface area contributed by atoms with Crippen LogP contribution in [0.5, 0.6) is 0 Å². The number of aryl methyl sites for hydroxylation is 1. The van der Waals surface area contributed by atoms with Crippen molar-refractivity contribution in [2.75, 3.05) is 36.4 Å². The molecule has 0 bridgehead atoms. The molecular formula is C22H27N3O2. The minimum Gasteiger partial charge on any atom is -0.366 e. The van der Waals surface area contributed by atoms with Crippen molar-refractivity contribution >= 4 is 23.2 Å². The highest BCUT2D eigenvalue weighted by Crippen LogP contribution is 2.27. The first-order chi connectivity index (χ1) is 13.1. The Morgan fingerprint density at radius 1 is 0.926 bits per heavy atom. The molecule has 142 valence electrons. The lowest BCUT2D eigenvalue weighted by Gasteiger charge is -2.36. The summed E-state index contributed by atoms with van der Waals surface area (Å²) in [6.45, 7) is 6.96. The average molecular weight is 365 g/mol. The summed E-state index contributed by atoms with van der Waals surface area (Å²) in [6.07, 6.45) is 1.50. The number of hydrogen-bond acceptors (Lipinski definition) is 3. The Morgan fingerprint density at radius 2 is 1.59 bits per heavy atom. The summed E-state index contributed by atoms with van der Waals surface area (Å²) in [5.74, 6) is 0.0941. The van der Waals surface area contributed by atoms with Crippen molar-refractivity contribution in [3.8, 4) is 0 Å². The Hall–Kier alpha value is -2.82. The molecule has 0 atom stereocenters. The van der Waals surface area contributed by atoms with Gasteiger partial charge in [0.1, 0.15) is 0 Å². The topological polar surface area (TPSA) is 52.7 Å². The molecule has 1 aliphatic rings. The molecule has 0 aliphatic carbocycles. The molecule has 1 heterocycles. The fraction of sp³-hybridized carbons (Fsp3) is 0.364. The van der Waals surface area contributed by atoms with Crippen LogP contribution >= 0.6 is 0 Å². The molecule has 2 amide bonds. The molecule has 5 nitrogen and oxygen atoms in total. The first-order valence-electron chi connectivity index (χ1n) is 9.64. The van der Waals surface area contributed by atoms with Gasteiger partial charge in [0.05, 0.1) is 11.4 Å². The van der Waals surface area contributed by atoms with Gasteiger partial charge in [-0.2, -0.15) is 0 Å². The van der Waals surface area contributed by atoms with Gasteiger partial charge >= 0.3 is 0 Å². The van der Waals surface area contributed by atoms with Crippen LogP contribution in [0.4, 0.5) is 11.4 Å². The van der Waals surface area contributed by atoms with E-state index in [0.29, 0.717) is 25.1 Å². The zero-order valence-electron chi connectivity index (χ0n) is 16.1. The van der Waals surface area contributed by atoms with Crippen LogP contribution in [0.3, 0.4) is 0 Å². The van der Waals surface area contributed by atoms with Crippen LogP contribution in [0.15, 0.2) is 48.5 Å². The summed E-state index contributed by atoms with van der Waals surface area (Å²) in [6, 6.07) is 15.6. The number of anilines is 2. The molecule has 2 aromatic carbocycles. The van der Waals surface area contributed by atoms with Crippen LogP contribution in [0, 0.1) is 0 Å². The molecule has 5 heteroatoms. The second-order valence-electron chi connectivity index (χ2n) is 6.74. The third-order valence-electron chi connectivity index (χ3n) is 5.05. The van der Waals surface area contributed by atoms with Crippen LogP contribution in [-0.2, 0) is 11.2 Å². The summed E-state index contributed by atoms with van der Waals surface area (Å²) in [4.78, 5) is 28.7. The lowest BCUT2D eigenvalue weighted by Crippen LogP contribution is -2.48. The maximum Gasteiger partial charge on any atom is 0.255 e. The number of piperazine rings is 1. The van der Waals surface area contributed by atoms with E-state index < -0.39 is 0 Å². The molecule has 0 radical (unpaired) electrons. The van der Waals surface area contributed by atoms with Crippen molar-refractivity contribution in [1.82, 2.24) is 4.90 Å². The lowest BCUT2D eigenvalue weighted by atomic mass is 10.1. The molecule has 0 saturated carbocycles. The minimum atomic E-state index is -0.107. The number of nitrogens with one attached hydrogen (secondary N) is 1. The molecule has 27 heavy (non-hydrogen) atoms. The van der Waals surface area contributed by atoms with Gasteiger partial charge in [0, 0.05) is 38.2 Å². The van der Waals surface area contributed by atoms with Gasteiger partial charge in [-0.15, -0.1) is 0 Å². The zero-order valence-corrected chi connectivity index (χ0v) is 16.1. The van der Waals surface area contributed by atoms with Gasteiger partial charge < -0.3 is 15.1 Å². The van der Waals surface area contributed by atoms with Crippen LogP contribution in [0.1, 0.15) is 36.2 Å². The van der Waals surface area contributed by atoms with Crippen LogP contribution in [0.2, 0.25) is 0 Å². The second-order valence-corrected chi connectivity index (χ2v) is 6.74. The SMILES string of the molecule is CCC(=O)N1CCN(c2ccccc2NC(=O)c2ccc(CC)cc2)CC1. The van der Waals surface area contributed by atoms with E-state index in [1.165, 1.54) is 5.56 Å². The summed E-state index contributed by atoms with van der Waals surface area (Å²) in [5, 5.41) is 3.05. The summed E-state index contributed by atoms with van der Waals surface area (Å²) < 4.78 is 0. The third-order valence-corrected chi connectivity index (χ3v) is 5.05. The molecule has 2 aromatic rings. The standard InChI is InChI=1S/C22H27N3O2/c1-3-17-9-11-18(12-10-17)22(27)23-19-7-5-6-8-20(19)24-13-15-25(16-14-24)21(26)4-2/h5-12H,3-4,13-16H2,1-2H3,(H,23,27). The predicted octanol–water partition coefficient (Wildman–Crippen LogP) is 3.56. The number of benzene rings is 2. The monoisotopic (exact) mass is 365 g/mol. The fourth-order valence-corrected chi connectivity index (χ4v) is 3.36. The number of nitrogens with zero attached hydrogens (tertiary/aromatic N) is 2. The Bertz CT molecular complexity index is 793.